The monoisotopic (exact) mass is 439 g/mol. The lowest BCUT2D eigenvalue weighted by Crippen LogP contribution is -2.41. The predicted molar refractivity (Wildman–Crippen MR) is 118 cm³/mol. The molecule has 32 heavy (non-hydrogen) atoms. The van der Waals surface area contributed by atoms with Crippen LogP contribution in [0.25, 0.3) is 0 Å². The highest BCUT2D eigenvalue weighted by Gasteiger charge is 2.41. The number of carbonyl (C=O) groups excluding carboxylic acids is 1. The van der Waals surface area contributed by atoms with Gasteiger partial charge in [-0.05, 0) is 17.9 Å². The van der Waals surface area contributed by atoms with Crippen LogP contribution in [0.5, 0.6) is 5.75 Å². The number of amides is 1. The number of rotatable bonds is 5. The zero-order valence-electron chi connectivity index (χ0n) is 18.6. The van der Waals surface area contributed by atoms with Crippen LogP contribution in [-0.4, -0.2) is 40.0 Å². The summed E-state index contributed by atoms with van der Waals surface area (Å²) in [7, 11) is 3.07. The lowest BCUT2D eigenvalue weighted by Gasteiger charge is -2.38. The first-order chi connectivity index (χ1) is 15.0. The topological polar surface area (TPSA) is 138 Å². The molecule has 1 aliphatic carbocycles. The predicted octanol–water partition coefficient (Wildman–Crippen LogP) is 2.25. The molecule has 1 unspecified atom stereocenters. The van der Waals surface area contributed by atoms with E-state index in [1.807, 2.05) is 0 Å². The van der Waals surface area contributed by atoms with Crippen LogP contribution in [-0.2, 0) is 6.42 Å². The second-order valence-corrected chi connectivity index (χ2v) is 8.90. The van der Waals surface area contributed by atoms with Gasteiger partial charge in [0.1, 0.15) is 22.8 Å². The number of aryl methyl sites for hydroxylation is 2. The number of hydrogen-bond donors (Lipinski definition) is 3. The van der Waals surface area contributed by atoms with E-state index in [1.165, 1.54) is 31.3 Å². The maximum Gasteiger partial charge on any atom is 0.275 e. The molecule has 1 aliphatic rings. The standard InChI is InChI=1S/C22H25N5O5/c1-10-24-13-12(32-10)6-8-22(2,3)20(13)26-15-14(18(29)19(15)30)25-11-7-9-23-16(17(11)28)21(31)27(4)5/h7,9,20,26,28H,6,8H2,1-5H3,(H,23,25). The Hall–Kier alpha value is -3.69. The second-order valence-electron chi connectivity index (χ2n) is 8.90. The number of aromatic hydroxyl groups is 1. The number of nitrogens with zero attached hydrogens (tertiary/aromatic N) is 3. The van der Waals surface area contributed by atoms with Crippen molar-refractivity contribution in [3.05, 3.63) is 55.7 Å². The highest BCUT2D eigenvalue weighted by molar-refractivity contribution is 5.97. The molecule has 0 spiro atoms. The van der Waals surface area contributed by atoms with E-state index in [2.05, 4.69) is 34.4 Å². The molecular formula is C22H25N5O5. The van der Waals surface area contributed by atoms with Crippen molar-refractivity contribution in [3.63, 3.8) is 0 Å². The Morgan fingerprint density at radius 2 is 1.94 bits per heavy atom. The fraction of sp³-hybridized carbons (Fsp3) is 0.409. The molecule has 1 amide bonds. The van der Waals surface area contributed by atoms with Crippen LogP contribution in [0.4, 0.5) is 17.1 Å². The zero-order chi connectivity index (χ0) is 23.4. The average Bonchev–Trinajstić information content (AvgIpc) is 3.12. The Morgan fingerprint density at radius 3 is 2.62 bits per heavy atom. The molecule has 0 bridgehead atoms. The maximum absolute atomic E-state index is 12.4. The van der Waals surface area contributed by atoms with Gasteiger partial charge in [0, 0.05) is 33.6 Å². The number of pyridine rings is 1. The summed E-state index contributed by atoms with van der Waals surface area (Å²) in [5, 5.41) is 16.5. The third kappa shape index (κ3) is 3.41. The largest absolute Gasteiger partial charge is 0.504 e. The van der Waals surface area contributed by atoms with Gasteiger partial charge < -0.3 is 25.1 Å². The van der Waals surface area contributed by atoms with Gasteiger partial charge in [-0.2, -0.15) is 0 Å². The lowest BCUT2D eigenvalue weighted by atomic mass is 9.73. The minimum absolute atomic E-state index is 0.0166. The molecule has 2 heterocycles. The minimum atomic E-state index is -0.714. The molecule has 0 fully saturated rings. The van der Waals surface area contributed by atoms with Gasteiger partial charge in [-0.1, -0.05) is 13.8 Å². The Morgan fingerprint density at radius 1 is 1.25 bits per heavy atom. The van der Waals surface area contributed by atoms with Crippen molar-refractivity contribution in [2.45, 2.75) is 39.7 Å². The fourth-order valence-electron chi connectivity index (χ4n) is 3.95. The molecule has 1 aromatic carbocycles. The highest BCUT2D eigenvalue weighted by atomic mass is 16.4. The van der Waals surface area contributed by atoms with E-state index in [4.69, 9.17) is 4.42 Å². The van der Waals surface area contributed by atoms with Crippen molar-refractivity contribution >= 4 is 23.0 Å². The molecule has 0 saturated heterocycles. The van der Waals surface area contributed by atoms with Gasteiger partial charge >= 0.3 is 0 Å². The van der Waals surface area contributed by atoms with Crippen molar-refractivity contribution in [3.8, 4) is 5.75 Å². The lowest BCUT2D eigenvalue weighted by molar-refractivity contribution is 0.0819. The summed E-state index contributed by atoms with van der Waals surface area (Å²) in [4.78, 5) is 46.7. The Balaban J connectivity index is 1.68. The summed E-state index contributed by atoms with van der Waals surface area (Å²) in [6.45, 7) is 5.89. The van der Waals surface area contributed by atoms with E-state index in [0.717, 1.165) is 24.3 Å². The number of fused-ring (bicyclic) bond motifs is 1. The van der Waals surface area contributed by atoms with E-state index in [0.29, 0.717) is 5.89 Å². The van der Waals surface area contributed by atoms with Crippen molar-refractivity contribution in [1.29, 1.82) is 0 Å². The summed E-state index contributed by atoms with van der Waals surface area (Å²) in [5.74, 6) is 0.416. The molecule has 168 valence electrons. The maximum atomic E-state index is 12.4. The van der Waals surface area contributed by atoms with Crippen LogP contribution in [0.15, 0.2) is 26.3 Å². The van der Waals surface area contributed by atoms with Crippen LogP contribution < -0.4 is 21.5 Å². The van der Waals surface area contributed by atoms with Crippen LogP contribution in [0.3, 0.4) is 0 Å². The summed E-state index contributed by atoms with van der Waals surface area (Å²) < 4.78 is 5.69. The van der Waals surface area contributed by atoms with Crippen LogP contribution >= 0.6 is 0 Å². The van der Waals surface area contributed by atoms with E-state index in [1.54, 1.807) is 6.92 Å². The summed E-state index contributed by atoms with van der Waals surface area (Å²) in [6, 6.07) is 1.08. The number of anilines is 3. The van der Waals surface area contributed by atoms with Gasteiger partial charge in [-0.3, -0.25) is 14.4 Å². The Bertz CT molecular complexity index is 1280. The van der Waals surface area contributed by atoms with E-state index < -0.39 is 22.5 Å². The third-order valence-electron chi connectivity index (χ3n) is 5.88. The molecular weight excluding hydrogens is 414 g/mol. The van der Waals surface area contributed by atoms with Gasteiger partial charge in [-0.25, -0.2) is 9.97 Å². The first-order valence-electron chi connectivity index (χ1n) is 10.2. The van der Waals surface area contributed by atoms with Gasteiger partial charge in [0.05, 0.1) is 11.7 Å². The number of carbonyl (C=O) groups is 1. The summed E-state index contributed by atoms with van der Waals surface area (Å²) in [5.41, 5.74) is -0.837. The molecule has 0 saturated carbocycles. The number of hydrogen-bond acceptors (Lipinski definition) is 9. The molecule has 1 atom stereocenters. The summed E-state index contributed by atoms with van der Waals surface area (Å²) in [6.07, 6.45) is 2.89. The Kier molecular flexibility index (Phi) is 5.03. The molecule has 10 nitrogen and oxygen atoms in total. The van der Waals surface area contributed by atoms with E-state index in [-0.39, 0.29) is 34.2 Å². The van der Waals surface area contributed by atoms with Crippen LogP contribution in [0.1, 0.15) is 54.1 Å². The molecule has 10 heteroatoms. The van der Waals surface area contributed by atoms with Crippen molar-refractivity contribution in [2.24, 2.45) is 5.41 Å². The molecule has 3 aromatic rings. The van der Waals surface area contributed by atoms with Crippen LogP contribution in [0, 0.1) is 12.3 Å². The van der Waals surface area contributed by atoms with Gasteiger partial charge in [0.25, 0.3) is 16.8 Å². The van der Waals surface area contributed by atoms with E-state index in [9.17, 15) is 19.5 Å². The molecule has 4 rings (SSSR count). The van der Waals surface area contributed by atoms with Gasteiger partial charge in [-0.15, -0.1) is 0 Å². The van der Waals surface area contributed by atoms with Crippen molar-refractivity contribution in [1.82, 2.24) is 14.9 Å². The fourth-order valence-corrected chi connectivity index (χ4v) is 3.95. The molecule has 0 radical (unpaired) electrons. The first-order valence-corrected chi connectivity index (χ1v) is 10.2. The SMILES string of the molecule is Cc1nc2c(o1)CCC(C)(C)C2Nc1c(Nc2ccnc(C(=O)N(C)C)c2O)c(=O)c1=O. The highest BCUT2D eigenvalue weighted by Crippen LogP contribution is 2.45. The number of aromatic nitrogens is 2. The zero-order valence-corrected chi connectivity index (χ0v) is 18.6. The Labute approximate surface area is 184 Å². The molecule has 2 aromatic heterocycles. The number of nitrogens with one attached hydrogen (secondary N) is 2. The van der Waals surface area contributed by atoms with Crippen LogP contribution in [0.2, 0.25) is 0 Å². The minimum Gasteiger partial charge on any atom is -0.504 e. The van der Waals surface area contributed by atoms with Crippen molar-refractivity contribution in [2.75, 3.05) is 24.7 Å². The van der Waals surface area contributed by atoms with Gasteiger partial charge in [0.2, 0.25) is 0 Å². The van der Waals surface area contributed by atoms with E-state index >= 15 is 0 Å². The normalized spacial score (nSPS) is 17.1. The molecule has 0 aliphatic heterocycles. The third-order valence-corrected chi connectivity index (χ3v) is 5.88. The quantitative estimate of drug-likeness (QED) is 0.511. The van der Waals surface area contributed by atoms with Crippen molar-refractivity contribution < 1.29 is 14.3 Å². The first kappa shape index (κ1) is 21.5. The number of oxazole rings is 1. The summed E-state index contributed by atoms with van der Waals surface area (Å²) >= 11 is 0. The van der Waals surface area contributed by atoms with Gasteiger partial charge in [0.15, 0.2) is 17.3 Å². The average molecular weight is 439 g/mol. The molecule has 3 N–H and O–H groups in total. The second kappa shape index (κ2) is 7.47. The smallest absolute Gasteiger partial charge is 0.275 e.